The number of nitrogens with zero attached hydrogens (tertiary/aromatic N) is 3. The van der Waals surface area contributed by atoms with Crippen molar-refractivity contribution in [1.82, 2.24) is 9.80 Å². The smallest absolute Gasteiger partial charge is 0.319 e. The zero-order valence-corrected chi connectivity index (χ0v) is 13.4. The Bertz CT molecular complexity index is 543. The second kappa shape index (κ2) is 5.33. The molecular formula is C15H21N3O2S. The van der Waals surface area contributed by atoms with Crippen molar-refractivity contribution in [1.29, 1.82) is 0 Å². The van der Waals surface area contributed by atoms with Crippen molar-refractivity contribution in [3.05, 3.63) is 16.8 Å². The molecule has 3 amide bonds. The third-order valence-corrected chi connectivity index (χ3v) is 5.23. The fourth-order valence-corrected chi connectivity index (χ4v) is 4.08. The van der Waals surface area contributed by atoms with Gasteiger partial charge in [-0.05, 0) is 30.7 Å². The molecule has 3 rings (SSSR count). The largest absolute Gasteiger partial charge is 0.331 e. The van der Waals surface area contributed by atoms with Gasteiger partial charge in [0.05, 0.1) is 11.1 Å². The Morgan fingerprint density at radius 3 is 2.81 bits per heavy atom. The minimum atomic E-state index is -0.369. The molecule has 2 fully saturated rings. The van der Waals surface area contributed by atoms with Crippen LogP contribution >= 0.6 is 11.3 Å². The highest BCUT2D eigenvalue weighted by atomic mass is 32.1. The summed E-state index contributed by atoms with van der Waals surface area (Å²) in [4.78, 5) is 30.4. The lowest BCUT2D eigenvalue weighted by atomic mass is 9.78. The van der Waals surface area contributed by atoms with Gasteiger partial charge in [0.25, 0.3) is 0 Å². The minimum absolute atomic E-state index is 0.0101. The Balaban J connectivity index is 1.79. The summed E-state index contributed by atoms with van der Waals surface area (Å²) in [5, 5.41) is 4.01. The highest BCUT2D eigenvalue weighted by Crippen LogP contribution is 2.42. The summed E-state index contributed by atoms with van der Waals surface area (Å²) in [5.41, 5.74) is 0.629. The monoisotopic (exact) mass is 307 g/mol. The molecule has 3 heterocycles. The fourth-order valence-electron chi connectivity index (χ4n) is 3.43. The van der Waals surface area contributed by atoms with Crippen LogP contribution in [0.1, 0.15) is 19.3 Å². The van der Waals surface area contributed by atoms with Crippen LogP contribution in [0.15, 0.2) is 16.8 Å². The molecule has 0 N–H and O–H groups in total. The maximum atomic E-state index is 12.9. The van der Waals surface area contributed by atoms with Gasteiger partial charge in [-0.1, -0.05) is 0 Å². The lowest BCUT2D eigenvalue weighted by Gasteiger charge is -2.39. The van der Waals surface area contributed by atoms with E-state index in [9.17, 15) is 9.59 Å². The predicted molar refractivity (Wildman–Crippen MR) is 83.6 cm³/mol. The molecule has 0 unspecified atom stereocenters. The quantitative estimate of drug-likeness (QED) is 0.799. The number of amides is 3. The van der Waals surface area contributed by atoms with Gasteiger partial charge >= 0.3 is 6.03 Å². The molecular weight excluding hydrogens is 286 g/mol. The maximum Gasteiger partial charge on any atom is 0.319 e. The molecule has 1 atom stereocenters. The normalized spacial score (nSPS) is 25.7. The average molecular weight is 307 g/mol. The molecule has 21 heavy (non-hydrogen) atoms. The first-order valence-corrected chi connectivity index (χ1v) is 8.28. The first-order chi connectivity index (χ1) is 10.0. The Kier molecular flexibility index (Phi) is 3.65. The van der Waals surface area contributed by atoms with Crippen molar-refractivity contribution in [2.75, 3.05) is 38.6 Å². The number of hydrogen-bond acceptors (Lipinski definition) is 3. The second-order valence-electron chi connectivity index (χ2n) is 6.17. The molecule has 6 heteroatoms. The van der Waals surface area contributed by atoms with Crippen LogP contribution in [-0.2, 0) is 4.79 Å². The van der Waals surface area contributed by atoms with Crippen LogP contribution < -0.4 is 4.90 Å². The number of anilines is 1. The van der Waals surface area contributed by atoms with Gasteiger partial charge in [0.1, 0.15) is 0 Å². The van der Waals surface area contributed by atoms with Crippen LogP contribution in [0.25, 0.3) is 0 Å². The molecule has 0 aromatic carbocycles. The van der Waals surface area contributed by atoms with Crippen LogP contribution in [0.5, 0.6) is 0 Å². The number of urea groups is 1. The van der Waals surface area contributed by atoms with Crippen LogP contribution in [0.4, 0.5) is 10.5 Å². The van der Waals surface area contributed by atoms with Crippen LogP contribution in [0, 0.1) is 5.41 Å². The number of hydrogen-bond donors (Lipinski definition) is 0. The number of likely N-dealkylation sites (tertiary alicyclic amines) is 1. The summed E-state index contributed by atoms with van der Waals surface area (Å²) in [6, 6.07) is 2.00. The Morgan fingerprint density at radius 2 is 2.14 bits per heavy atom. The van der Waals surface area contributed by atoms with E-state index in [2.05, 4.69) is 0 Å². The molecule has 5 nitrogen and oxygen atoms in total. The Hall–Kier alpha value is -1.56. The van der Waals surface area contributed by atoms with Crippen molar-refractivity contribution >= 4 is 29.0 Å². The Morgan fingerprint density at radius 1 is 1.33 bits per heavy atom. The summed E-state index contributed by atoms with van der Waals surface area (Å²) >= 11 is 1.61. The van der Waals surface area contributed by atoms with Crippen molar-refractivity contribution in [3.63, 3.8) is 0 Å². The van der Waals surface area contributed by atoms with E-state index in [0.29, 0.717) is 6.54 Å². The molecule has 0 aliphatic carbocycles. The molecule has 1 spiro atoms. The van der Waals surface area contributed by atoms with Gasteiger partial charge in [0.15, 0.2) is 0 Å². The predicted octanol–water partition coefficient (Wildman–Crippen LogP) is 2.25. The first kappa shape index (κ1) is 14.4. The SMILES string of the molecule is CN(C)C(=O)N1CCC[C@]2(CCN(c3ccsc3)C2=O)C1. The third kappa shape index (κ3) is 2.41. The van der Waals surface area contributed by atoms with Gasteiger partial charge in [-0.2, -0.15) is 11.3 Å². The zero-order chi connectivity index (χ0) is 15.0. The standard InChI is InChI=1S/C15H21N3O2S/c1-16(2)14(20)17-7-3-5-15(11-17)6-8-18(13(15)19)12-4-9-21-10-12/h4,9-10H,3,5-8,11H2,1-2H3/t15-/m0/s1. The van der Waals surface area contributed by atoms with E-state index < -0.39 is 0 Å². The molecule has 2 aliphatic heterocycles. The van der Waals surface area contributed by atoms with Gasteiger partial charge in [-0.25, -0.2) is 4.79 Å². The Labute approximate surface area is 129 Å². The van der Waals surface area contributed by atoms with E-state index in [1.165, 1.54) is 0 Å². The van der Waals surface area contributed by atoms with Gasteiger partial charge in [0.2, 0.25) is 5.91 Å². The molecule has 114 valence electrons. The lowest BCUT2D eigenvalue weighted by molar-refractivity contribution is -0.127. The number of thiophene rings is 1. The van der Waals surface area contributed by atoms with Crippen molar-refractivity contribution in [2.45, 2.75) is 19.3 Å². The van der Waals surface area contributed by atoms with E-state index in [4.69, 9.17) is 0 Å². The molecule has 2 aliphatic rings. The zero-order valence-electron chi connectivity index (χ0n) is 12.5. The highest BCUT2D eigenvalue weighted by molar-refractivity contribution is 7.08. The number of carbonyl (C=O) groups excluding carboxylic acids is 2. The number of carbonyl (C=O) groups is 2. The van der Waals surface area contributed by atoms with Crippen LogP contribution in [-0.4, -0.2) is 55.5 Å². The molecule has 1 aromatic rings. The van der Waals surface area contributed by atoms with E-state index >= 15 is 0 Å². The van der Waals surface area contributed by atoms with Crippen molar-refractivity contribution < 1.29 is 9.59 Å². The first-order valence-electron chi connectivity index (χ1n) is 7.34. The summed E-state index contributed by atoms with van der Waals surface area (Å²) in [7, 11) is 3.52. The van der Waals surface area contributed by atoms with Gasteiger partial charge in [-0.3, -0.25) is 4.79 Å². The summed E-state index contributed by atoms with van der Waals surface area (Å²) in [5.74, 6) is 0.192. The number of piperidine rings is 1. The highest BCUT2D eigenvalue weighted by Gasteiger charge is 2.50. The minimum Gasteiger partial charge on any atom is -0.331 e. The average Bonchev–Trinajstić information content (AvgIpc) is 3.09. The van der Waals surface area contributed by atoms with Crippen molar-refractivity contribution in [2.24, 2.45) is 5.41 Å². The van der Waals surface area contributed by atoms with Gasteiger partial charge in [0, 0.05) is 39.1 Å². The van der Waals surface area contributed by atoms with Crippen molar-refractivity contribution in [3.8, 4) is 0 Å². The second-order valence-corrected chi connectivity index (χ2v) is 6.95. The van der Waals surface area contributed by atoms with E-state index in [-0.39, 0.29) is 17.4 Å². The fraction of sp³-hybridized carbons (Fsp3) is 0.600. The maximum absolute atomic E-state index is 12.9. The van der Waals surface area contributed by atoms with E-state index in [1.54, 1.807) is 30.3 Å². The number of rotatable bonds is 1. The topological polar surface area (TPSA) is 43.9 Å². The molecule has 1 aromatic heterocycles. The molecule has 0 bridgehead atoms. The summed E-state index contributed by atoms with van der Waals surface area (Å²) < 4.78 is 0. The molecule has 0 saturated carbocycles. The van der Waals surface area contributed by atoms with Gasteiger partial charge < -0.3 is 14.7 Å². The summed E-state index contributed by atoms with van der Waals surface area (Å²) in [6.45, 7) is 2.08. The third-order valence-electron chi connectivity index (χ3n) is 4.56. The van der Waals surface area contributed by atoms with Crippen LogP contribution in [0.3, 0.4) is 0 Å². The van der Waals surface area contributed by atoms with E-state index in [1.807, 2.05) is 26.6 Å². The molecule has 0 radical (unpaired) electrons. The lowest BCUT2D eigenvalue weighted by Crippen LogP contribution is -2.52. The van der Waals surface area contributed by atoms with E-state index in [0.717, 1.165) is 38.0 Å². The van der Waals surface area contributed by atoms with Crippen LogP contribution in [0.2, 0.25) is 0 Å². The summed E-state index contributed by atoms with van der Waals surface area (Å²) in [6.07, 6.45) is 2.64. The van der Waals surface area contributed by atoms with Gasteiger partial charge in [-0.15, -0.1) is 0 Å². The molecule has 2 saturated heterocycles.